The van der Waals surface area contributed by atoms with Crippen LogP contribution in [-0.2, 0) is 23.6 Å². The second-order valence-corrected chi connectivity index (χ2v) is 7.87. The van der Waals surface area contributed by atoms with Gasteiger partial charge < -0.3 is 9.64 Å². The number of rotatable bonds is 3. The van der Waals surface area contributed by atoms with Crippen LogP contribution in [0.3, 0.4) is 0 Å². The zero-order valence-electron chi connectivity index (χ0n) is 16.4. The number of nitrogens with zero attached hydrogens (tertiary/aromatic N) is 4. The third-order valence-corrected chi connectivity index (χ3v) is 6.01. The number of fused-ring (bicyclic) bond motifs is 1. The van der Waals surface area contributed by atoms with Crippen LogP contribution in [-0.4, -0.2) is 44.6 Å². The summed E-state index contributed by atoms with van der Waals surface area (Å²) in [4.78, 5) is 43.6. The molecule has 0 spiro atoms. The first kappa shape index (κ1) is 18.9. The molecule has 4 rings (SSSR count). The first-order valence-corrected chi connectivity index (χ1v) is 9.91. The highest BCUT2D eigenvalue weighted by molar-refractivity contribution is 5.77. The molecule has 1 saturated carbocycles. The highest BCUT2D eigenvalue weighted by Crippen LogP contribution is 2.29. The molecule has 1 atom stereocenters. The predicted octanol–water partition coefficient (Wildman–Crippen LogP) is 1.11. The van der Waals surface area contributed by atoms with Gasteiger partial charge in [0, 0.05) is 27.1 Å². The number of hydrogen-bond donors (Lipinski definition) is 0. The Kier molecular flexibility index (Phi) is 5.05. The van der Waals surface area contributed by atoms with Crippen molar-refractivity contribution in [2.45, 2.75) is 38.2 Å². The first-order valence-electron chi connectivity index (χ1n) is 9.91. The van der Waals surface area contributed by atoms with E-state index in [1.54, 1.807) is 19.2 Å². The van der Waals surface area contributed by atoms with E-state index in [-0.39, 0.29) is 17.6 Å². The molecule has 8 heteroatoms. The van der Waals surface area contributed by atoms with E-state index in [4.69, 9.17) is 4.74 Å². The molecule has 8 nitrogen and oxygen atoms in total. The lowest BCUT2D eigenvalue weighted by Gasteiger charge is -2.33. The van der Waals surface area contributed by atoms with Crippen molar-refractivity contribution in [2.24, 2.45) is 20.0 Å². The lowest BCUT2D eigenvalue weighted by Crippen LogP contribution is -2.43. The van der Waals surface area contributed by atoms with Crippen LogP contribution in [0.4, 0.5) is 0 Å². The van der Waals surface area contributed by atoms with Crippen LogP contribution in [0.25, 0.3) is 11.0 Å². The van der Waals surface area contributed by atoms with Gasteiger partial charge in [-0.1, -0.05) is 12.8 Å². The molecule has 0 N–H and O–H groups in total. The molecule has 2 aromatic rings. The molecule has 0 aromatic carbocycles. The van der Waals surface area contributed by atoms with Gasteiger partial charge in [-0.3, -0.25) is 18.7 Å². The van der Waals surface area contributed by atoms with Crippen molar-refractivity contribution in [2.75, 3.05) is 19.7 Å². The number of morpholine rings is 1. The van der Waals surface area contributed by atoms with E-state index >= 15 is 0 Å². The Balaban J connectivity index is 1.58. The van der Waals surface area contributed by atoms with Crippen molar-refractivity contribution in [3.05, 3.63) is 38.7 Å². The molecular formula is C20H26N4O4. The molecule has 2 aromatic heterocycles. The molecule has 2 fully saturated rings. The number of amides is 1. The van der Waals surface area contributed by atoms with E-state index in [0.29, 0.717) is 48.8 Å². The largest absolute Gasteiger partial charge is 0.368 e. The summed E-state index contributed by atoms with van der Waals surface area (Å²) < 4.78 is 8.30. The summed E-state index contributed by atoms with van der Waals surface area (Å²) in [6, 6.07) is 3.44. The zero-order valence-corrected chi connectivity index (χ0v) is 16.4. The van der Waals surface area contributed by atoms with Crippen LogP contribution >= 0.6 is 0 Å². The molecule has 1 amide bonds. The first-order chi connectivity index (χ1) is 13.5. The van der Waals surface area contributed by atoms with Gasteiger partial charge >= 0.3 is 5.69 Å². The van der Waals surface area contributed by atoms with Crippen molar-refractivity contribution in [3.8, 4) is 0 Å². The predicted molar refractivity (Wildman–Crippen MR) is 104 cm³/mol. The number of carbonyl (C=O) groups excluding carboxylic acids is 1. The maximum Gasteiger partial charge on any atom is 0.332 e. The molecule has 0 unspecified atom stereocenters. The smallest absolute Gasteiger partial charge is 0.332 e. The molecule has 0 bridgehead atoms. The van der Waals surface area contributed by atoms with Crippen molar-refractivity contribution < 1.29 is 9.53 Å². The fourth-order valence-electron chi connectivity index (χ4n) is 4.29. The molecular weight excluding hydrogens is 360 g/mol. The zero-order chi connectivity index (χ0) is 19.8. The fraction of sp³-hybridized carbons (Fsp3) is 0.600. The minimum Gasteiger partial charge on any atom is -0.368 e. The maximum atomic E-state index is 12.7. The number of ether oxygens (including phenoxy) is 1. The van der Waals surface area contributed by atoms with E-state index in [1.165, 1.54) is 24.5 Å². The Labute approximate surface area is 162 Å². The van der Waals surface area contributed by atoms with Crippen LogP contribution in [0.15, 0.2) is 21.7 Å². The molecule has 0 radical (unpaired) electrons. The number of aryl methyl sites for hydroxylation is 1. The molecule has 1 saturated heterocycles. The Hall–Kier alpha value is -2.48. The van der Waals surface area contributed by atoms with Crippen molar-refractivity contribution >= 4 is 16.9 Å². The minimum atomic E-state index is -0.417. The minimum absolute atomic E-state index is 0.183. The number of hydrogen-bond acceptors (Lipinski definition) is 5. The number of aromatic nitrogens is 3. The number of pyridine rings is 1. The van der Waals surface area contributed by atoms with Crippen LogP contribution in [0.5, 0.6) is 0 Å². The average molecular weight is 386 g/mol. The van der Waals surface area contributed by atoms with Gasteiger partial charge in [-0.25, -0.2) is 9.78 Å². The Morgan fingerprint density at radius 1 is 1.18 bits per heavy atom. The monoisotopic (exact) mass is 386 g/mol. The normalized spacial score (nSPS) is 20.8. The quantitative estimate of drug-likeness (QED) is 0.789. The third-order valence-electron chi connectivity index (χ3n) is 6.01. The highest BCUT2D eigenvalue weighted by Gasteiger charge is 2.29. The van der Waals surface area contributed by atoms with E-state index in [1.807, 2.05) is 4.90 Å². The van der Waals surface area contributed by atoms with Crippen molar-refractivity contribution in [3.63, 3.8) is 0 Å². The lowest BCUT2D eigenvalue weighted by molar-refractivity contribution is -0.140. The summed E-state index contributed by atoms with van der Waals surface area (Å²) in [6.45, 7) is 1.49. The third kappa shape index (κ3) is 3.37. The molecule has 28 heavy (non-hydrogen) atoms. The van der Waals surface area contributed by atoms with Crippen LogP contribution in [0.1, 0.15) is 43.9 Å². The van der Waals surface area contributed by atoms with Crippen molar-refractivity contribution in [1.82, 2.24) is 19.0 Å². The van der Waals surface area contributed by atoms with Crippen molar-refractivity contribution in [1.29, 1.82) is 0 Å². The highest BCUT2D eigenvalue weighted by atomic mass is 16.5. The van der Waals surface area contributed by atoms with Gasteiger partial charge in [0.15, 0.2) is 0 Å². The summed E-state index contributed by atoms with van der Waals surface area (Å²) in [5.41, 5.74) is 0.188. The van der Waals surface area contributed by atoms with Gasteiger partial charge in [0.25, 0.3) is 5.56 Å². The maximum absolute atomic E-state index is 12.7. The van der Waals surface area contributed by atoms with Gasteiger partial charge in [-0.2, -0.15) is 0 Å². The topological polar surface area (TPSA) is 86.4 Å². The molecule has 3 heterocycles. The summed E-state index contributed by atoms with van der Waals surface area (Å²) in [5.74, 6) is 0.695. The van der Waals surface area contributed by atoms with Gasteiger partial charge in [0.1, 0.15) is 11.8 Å². The summed E-state index contributed by atoms with van der Waals surface area (Å²) in [6.07, 6.45) is 5.00. The summed E-state index contributed by atoms with van der Waals surface area (Å²) in [5, 5.41) is 0.387. The van der Waals surface area contributed by atoms with E-state index in [9.17, 15) is 14.4 Å². The van der Waals surface area contributed by atoms with E-state index in [0.717, 1.165) is 17.4 Å². The Morgan fingerprint density at radius 3 is 2.68 bits per heavy atom. The SMILES string of the molecule is Cn1c(=O)c2ccc([C@@H]3CN(C(=O)CC4CCCC4)CCO3)nc2n(C)c1=O. The number of carbonyl (C=O) groups is 1. The average Bonchev–Trinajstić information content (AvgIpc) is 3.23. The van der Waals surface area contributed by atoms with Gasteiger partial charge in [0.05, 0.1) is 24.2 Å². The Morgan fingerprint density at radius 2 is 1.93 bits per heavy atom. The van der Waals surface area contributed by atoms with Gasteiger partial charge in [-0.15, -0.1) is 0 Å². The van der Waals surface area contributed by atoms with E-state index < -0.39 is 5.69 Å². The molecule has 2 aliphatic rings. The van der Waals surface area contributed by atoms with Gasteiger partial charge in [-0.05, 0) is 30.9 Å². The molecule has 150 valence electrons. The summed E-state index contributed by atoms with van der Waals surface area (Å²) in [7, 11) is 3.05. The van der Waals surface area contributed by atoms with Crippen LogP contribution < -0.4 is 11.2 Å². The molecule has 1 aliphatic heterocycles. The molecule has 1 aliphatic carbocycles. The van der Waals surface area contributed by atoms with Crippen LogP contribution in [0.2, 0.25) is 0 Å². The lowest BCUT2D eigenvalue weighted by atomic mass is 10.0. The van der Waals surface area contributed by atoms with Gasteiger partial charge in [0.2, 0.25) is 5.91 Å². The fourth-order valence-corrected chi connectivity index (χ4v) is 4.29. The second-order valence-electron chi connectivity index (χ2n) is 7.87. The van der Waals surface area contributed by atoms with Crippen LogP contribution in [0, 0.1) is 5.92 Å². The Bertz CT molecular complexity index is 1020. The second kappa shape index (κ2) is 7.50. The van der Waals surface area contributed by atoms with E-state index in [2.05, 4.69) is 4.98 Å². The standard InChI is InChI=1S/C20H26N4O4/c1-22-18-14(19(26)23(2)20(22)27)7-8-15(21-18)16-12-24(9-10-28-16)17(25)11-13-5-3-4-6-13/h7-8,13,16H,3-6,9-12H2,1-2H3/t16-/m0/s1. The summed E-state index contributed by atoms with van der Waals surface area (Å²) >= 11 is 0.